The van der Waals surface area contributed by atoms with Gasteiger partial charge in [-0.3, -0.25) is 14.2 Å². The Morgan fingerprint density at radius 1 is 0.529 bits per heavy atom. The van der Waals surface area contributed by atoms with E-state index >= 15 is 0 Å². The van der Waals surface area contributed by atoms with E-state index in [1.54, 1.807) is 0 Å². The van der Waals surface area contributed by atoms with Crippen LogP contribution in [0.3, 0.4) is 0 Å². The molecule has 0 aromatic heterocycles. The number of quaternary nitrogens is 1. The number of carbonyl (C=O) groups is 2. The number of likely N-dealkylation sites (N-methyl/N-ethyl adjacent to an activating group) is 1. The molecule has 0 aliphatic heterocycles. The summed E-state index contributed by atoms with van der Waals surface area (Å²) in [4.78, 5) is 39.8. The Kier molecular flexibility index (Phi) is 47.1. The molecule has 0 spiro atoms. The quantitative estimate of drug-likeness (QED) is 0.0161. The summed E-state index contributed by atoms with van der Waals surface area (Å²) in [6, 6.07) is -0.889. The lowest BCUT2D eigenvalue weighted by Crippen LogP contribution is -2.47. The van der Waals surface area contributed by atoms with Crippen molar-refractivity contribution in [1.82, 2.24) is 5.32 Å². The van der Waals surface area contributed by atoms with Gasteiger partial charge < -0.3 is 28.5 Å². The number of unbranched alkanes of at least 4 members (excludes halogenated alkanes) is 31. The summed E-state index contributed by atoms with van der Waals surface area (Å²) in [6.07, 6.45) is 57.8. The third-order valence-electron chi connectivity index (χ3n) is 12.6. The van der Waals surface area contributed by atoms with Gasteiger partial charge in [-0.05, 0) is 51.0 Å². The van der Waals surface area contributed by atoms with Crippen molar-refractivity contribution in [2.45, 2.75) is 270 Å². The zero-order chi connectivity index (χ0) is 50.1. The van der Waals surface area contributed by atoms with Crippen molar-refractivity contribution in [3.8, 4) is 0 Å². The number of amides is 1. The zero-order valence-electron chi connectivity index (χ0n) is 45.3. The lowest BCUT2D eigenvalue weighted by Gasteiger charge is -2.30. The molecule has 9 nitrogen and oxygen atoms in total. The number of hydrogen-bond acceptors (Lipinski definition) is 7. The van der Waals surface area contributed by atoms with Crippen molar-refractivity contribution in [1.29, 1.82) is 0 Å². The molecule has 1 N–H and O–H groups in total. The van der Waals surface area contributed by atoms with Gasteiger partial charge >= 0.3 is 5.97 Å². The largest absolute Gasteiger partial charge is 0.756 e. The summed E-state index contributed by atoms with van der Waals surface area (Å²) in [5.74, 6) is -0.548. The highest BCUT2D eigenvalue weighted by atomic mass is 31.2. The second-order valence-electron chi connectivity index (χ2n) is 20.5. The Bertz CT molecular complexity index is 1310. The van der Waals surface area contributed by atoms with Crippen LogP contribution in [0.5, 0.6) is 0 Å². The van der Waals surface area contributed by atoms with Gasteiger partial charge in [-0.2, -0.15) is 0 Å². The summed E-state index contributed by atoms with van der Waals surface area (Å²) < 4.78 is 30.2. The van der Waals surface area contributed by atoms with Gasteiger partial charge in [-0.25, -0.2) is 0 Å². The number of ether oxygens (including phenoxy) is 1. The highest BCUT2D eigenvalue weighted by molar-refractivity contribution is 7.45. The van der Waals surface area contributed by atoms with Crippen LogP contribution in [0.1, 0.15) is 258 Å². The van der Waals surface area contributed by atoms with Crippen molar-refractivity contribution in [2.75, 3.05) is 40.9 Å². The number of nitrogens with zero attached hydrogens (tertiary/aromatic N) is 1. The fourth-order valence-electron chi connectivity index (χ4n) is 8.17. The van der Waals surface area contributed by atoms with Gasteiger partial charge in [0, 0.05) is 12.8 Å². The normalized spacial score (nSPS) is 14.2. The first-order chi connectivity index (χ1) is 32.9. The van der Waals surface area contributed by atoms with Gasteiger partial charge in [0.25, 0.3) is 7.82 Å². The van der Waals surface area contributed by atoms with Crippen molar-refractivity contribution in [2.24, 2.45) is 0 Å². The summed E-state index contributed by atoms with van der Waals surface area (Å²) in [6.45, 7) is 6.72. The first-order valence-electron chi connectivity index (χ1n) is 28.5. The maximum Gasteiger partial charge on any atom is 0.306 e. The Balaban J connectivity index is 5.38. The first kappa shape index (κ1) is 66.0. The van der Waals surface area contributed by atoms with Crippen LogP contribution in [0.4, 0.5) is 0 Å². The molecular weight excluding hydrogens is 868 g/mol. The molecule has 0 aliphatic carbocycles. The van der Waals surface area contributed by atoms with E-state index in [2.05, 4.69) is 62.5 Å². The molecule has 3 atom stereocenters. The van der Waals surface area contributed by atoms with E-state index in [1.165, 1.54) is 148 Å². The second-order valence-corrected chi connectivity index (χ2v) is 21.9. The number of carbonyl (C=O) groups excluding carboxylic acids is 2. The monoisotopic (exact) mass is 977 g/mol. The van der Waals surface area contributed by atoms with Crippen molar-refractivity contribution < 1.29 is 37.3 Å². The molecule has 0 saturated heterocycles. The zero-order valence-corrected chi connectivity index (χ0v) is 46.2. The fourth-order valence-corrected chi connectivity index (χ4v) is 8.89. The van der Waals surface area contributed by atoms with Gasteiger partial charge in [-0.1, -0.05) is 243 Å². The number of esters is 1. The summed E-state index contributed by atoms with van der Waals surface area (Å²) in [5.41, 5.74) is 0. The maximum atomic E-state index is 13.5. The van der Waals surface area contributed by atoms with E-state index in [0.29, 0.717) is 17.4 Å². The Labute approximate surface area is 420 Å². The minimum Gasteiger partial charge on any atom is -0.756 e. The smallest absolute Gasteiger partial charge is 0.306 e. The minimum absolute atomic E-state index is 0.0235. The predicted octanol–water partition coefficient (Wildman–Crippen LogP) is 16.3. The summed E-state index contributed by atoms with van der Waals surface area (Å²) >= 11 is 0. The highest BCUT2D eigenvalue weighted by Gasteiger charge is 2.27. The van der Waals surface area contributed by atoms with Crippen LogP contribution in [0.2, 0.25) is 0 Å². The Hall–Kier alpha value is -2.03. The van der Waals surface area contributed by atoms with Crippen molar-refractivity contribution >= 4 is 19.7 Å². The van der Waals surface area contributed by atoms with E-state index in [9.17, 15) is 19.0 Å². The van der Waals surface area contributed by atoms with Crippen LogP contribution < -0.4 is 10.2 Å². The van der Waals surface area contributed by atoms with Crippen LogP contribution in [0.15, 0.2) is 48.6 Å². The second kappa shape index (κ2) is 48.6. The van der Waals surface area contributed by atoms with Gasteiger partial charge in [-0.15, -0.1) is 0 Å². The maximum absolute atomic E-state index is 13.5. The SMILES string of the molecule is CC/C=C/C=C/C=C/CCCCCCCCCC(=O)OC(/C=C/CCCCCCCCCCCCC)C(COP(=O)([O-])OCC[N+](C)(C)C)NC(=O)CCCCCCCCCCCCCCCC. The molecule has 0 aromatic rings. The lowest BCUT2D eigenvalue weighted by atomic mass is 10.0. The predicted molar refractivity (Wildman–Crippen MR) is 289 cm³/mol. The number of hydrogen-bond donors (Lipinski definition) is 1. The van der Waals surface area contributed by atoms with Gasteiger partial charge in [0.15, 0.2) is 0 Å². The first-order valence-corrected chi connectivity index (χ1v) is 29.9. The number of rotatable bonds is 51. The molecule has 0 rings (SSSR count). The average Bonchev–Trinajstić information content (AvgIpc) is 3.29. The molecule has 0 saturated carbocycles. The topological polar surface area (TPSA) is 114 Å². The standard InChI is InChI=1S/C58H109N2O7P/c1-7-10-13-16-19-22-25-28-30-33-36-39-42-45-48-51-58(62)67-56(49-46-43-40-37-34-31-27-24-21-18-15-12-9-3)55(54-66-68(63,64)65-53-52-60(4,5)6)59-57(61)50-47-44-41-38-35-32-29-26-23-20-17-14-11-8-2/h10,13,16,19,22,25,46,49,55-56H,7-9,11-12,14-15,17-18,20-21,23-24,26-45,47-48,50-54H2,1-6H3,(H-,59,61,63,64)/b13-10+,19-16+,25-22+,49-46+. The lowest BCUT2D eigenvalue weighted by molar-refractivity contribution is -0.870. The fraction of sp³-hybridized carbons (Fsp3) is 0.828. The van der Waals surface area contributed by atoms with E-state index in [0.717, 1.165) is 77.0 Å². The van der Waals surface area contributed by atoms with Crippen molar-refractivity contribution in [3.05, 3.63) is 48.6 Å². The van der Waals surface area contributed by atoms with Crippen LogP contribution in [-0.2, 0) is 27.9 Å². The van der Waals surface area contributed by atoms with Crippen LogP contribution in [-0.4, -0.2) is 69.4 Å². The average molecular weight is 977 g/mol. The molecule has 0 heterocycles. The molecule has 0 aromatic carbocycles. The Morgan fingerprint density at radius 3 is 1.40 bits per heavy atom. The van der Waals surface area contributed by atoms with Gasteiger partial charge in [0.2, 0.25) is 5.91 Å². The molecule has 0 aliphatic rings. The summed E-state index contributed by atoms with van der Waals surface area (Å²) in [5, 5.41) is 3.02. The number of allylic oxidation sites excluding steroid dienone is 7. The van der Waals surface area contributed by atoms with E-state index in [4.69, 9.17) is 13.8 Å². The number of nitrogens with one attached hydrogen (secondary N) is 1. The summed E-state index contributed by atoms with van der Waals surface area (Å²) in [7, 11) is 1.18. The highest BCUT2D eigenvalue weighted by Crippen LogP contribution is 2.38. The van der Waals surface area contributed by atoms with E-state index in [1.807, 2.05) is 33.3 Å². The molecule has 0 fully saturated rings. The molecule has 3 unspecified atom stereocenters. The van der Waals surface area contributed by atoms with Crippen LogP contribution >= 0.6 is 7.82 Å². The third kappa shape index (κ3) is 49.0. The Morgan fingerprint density at radius 2 is 0.941 bits per heavy atom. The van der Waals surface area contributed by atoms with E-state index in [-0.39, 0.29) is 31.5 Å². The molecule has 68 heavy (non-hydrogen) atoms. The number of phosphoric acid groups is 1. The van der Waals surface area contributed by atoms with Crippen LogP contribution in [0, 0.1) is 0 Å². The molecule has 10 heteroatoms. The van der Waals surface area contributed by atoms with E-state index < -0.39 is 20.0 Å². The minimum atomic E-state index is -4.69. The molecule has 0 radical (unpaired) electrons. The van der Waals surface area contributed by atoms with Crippen LogP contribution in [0.25, 0.3) is 0 Å². The van der Waals surface area contributed by atoms with Gasteiger partial charge in [0.1, 0.15) is 19.3 Å². The third-order valence-corrected chi connectivity index (χ3v) is 13.5. The van der Waals surface area contributed by atoms with Crippen molar-refractivity contribution in [3.63, 3.8) is 0 Å². The number of phosphoric ester groups is 1. The molecular formula is C58H109N2O7P. The van der Waals surface area contributed by atoms with Gasteiger partial charge in [0.05, 0.1) is 33.8 Å². The molecule has 398 valence electrons. The molecule has 1 amide bonds. The molecule has 0 bridgehead atoms.